The zero-order chi connectivity index (χ0) is 12.7. The topological polar surface area (TPSA) is 33.0 Å². The van der Waals surface area contributed by atoms with Gasteiger partial charge in [0.1, 0.15) is 5.75 Å². The summed E-state index contributed by atoms with van der Waals surface area (Å²) >= 11 is 5.84. The first kappa shape index (κ1) is 13.9. The number of alkyl halides is 1. The predicted octanol–water partition coefficient (Wildman–Crippen LogP) is 3.89. The summed E-state index contributed by atoms with van der Waals surface area (Å²) in [7, 11) is 1.63. The highest BCUT2D eigenvalue weighted by Crippen LogP contribution is 2.34. The standard InChI is InChI=1S/C14H18ClNO/c1-3-7-14(11-16,8-9-15)12-5-4-6-13(10-12)17-2/h4-6,10H,3,7-9H2,1-2H3. The van der Waals surface area contributed by atoms with E-state index < -0.39 is 5.41 Å². The van der Waals surface area contributed by atoms with Gasteiger partial charge in [-0.05, 0) is 30.5 Å². The smallest absolute Gasteiger partial charge is 0.119 e. The highest BCUT2D eigenvalue weighted by atomic mass is 35.5. The van der Waals surface area contributed by atoms with Gasteiger partial charge in [-0.1, -0.05) is 25.5 Å². The molecule has 0 aliphatic rings. The van der Waals surface area contributed by atoms with E-state index in [9.17, 15) is 5.26 Å². The summed E-state index contributed by atoms with van der Waals surface area (Å²) in [5.74, 6) is 1.28. The third-order valence-corrected chi connectivity index (χ3v) is 3.22. The molecule has 1 unspecified atom stereocenters. The van der Waals surface area contributed by atoms with Crippen molar-refractivity contribution >= 4 is 11.6 Å². The van der Waals surface area contributed by atoms with E-state index in [1.807, 2.05) is 24.3 Å². The molecule has 0 heterocycles. The number of rotatable bonds is 6. The molecule has 0 radical (unpaired) electrons. The number of ether oxygens (including phenoxy) is 1. The lowest BCUT2D eigenvalue weighted by Gasteiger charge is -2.26. The Morgan fingerprint density at radius 3 is 2.71 bits per heavy atom. The molecule has 17 heavy (non-hydrogen) atoms. The zero-order valence-electron chi connectivity index (χ0n) is 10.4. The van der Waals surface area contributed by atoms with Gasteiger partial charge in [-0.15, -0.1) is 11.6 Å². The van der Waals surface area contributed by atoms with Gasteiger partial charge in [0, 0.05) is 5.88 Å². The number of hydrogen-bond acceptors (Lipinski definition) is 2. The third-order valence-electron chi connectivity index (χ3n) is 3.03. The van der Waals surface area contributed by atoms with Crippen LogP contribution in [-0.2, 0) is 5.41 Å². The van der Waals surface area contributed by atoms with Crippen molar-refractivity contribution in [3.8, 4) is 11.8 Å². The van der Waals surface area contributed by atoms with E-state index in [1.165, 1.54) is 0 Å². The minimum absolute atomic E-state index is 0.481. The molecule has 0 aliphatic carbocycles. The van der Waals surface area contributed by atoms with Gasteiger partial charge >= 0.3 is 0 Å². The van der Waals surface area contributed by atoms with Gasteiger partial charge in [0.2, 0.25) is 0 Å². The van der Waals surface area contributed by atoms with Gasteiger partial charge in [-0.2, -0.15) is 5.26 Å². The molecule has 1 aromatic carbocycles. The van der Waals surface area contributed by atoms with Crippen LogP contribution in [-0.4, -0.2) is 13.0 Å². The summed E-state index contributed by atoms with van der Waals surface area (Å²) in [6.45, 7) is 2.08. The Kier molecular flexibility index (Phi) is 5.31. The SMILES string of the molecule is CCCC(C#N)(CCCl)c1cccc(OC)c1. The maximum atomic E-state index is 9.51. The lowest BCUT2D eigenvalue weighted by atomic mass is 9.76. The van der Waals surface area contributed by atoms with Crippen molar-refractivity contribution in [2.75, 3.05) is 13.0 Å². The second kappa shape index (κ2) is 6.51. The molecule has 2 nitrogen and oxygen atoms in total. The highest BCUT2D eigenvalue weighted by molar-refractivity contribution is 6.17. The monoisotopic (exact) mass is 251 g/mol. The molecule has 0 aromatic heterocycles. The Morgan fingerprint density at radius 2 is 2.18 bits per heavy atom. The number of hydrogen-bond donors (Lipinski definition) is 0. The van der Waals surface area contributed by atoms with Crippen molar-refractivity contribution in [3.63, 3.8) is 0 Å². The Labute approximate surface area is 108 Å². The first-order valence-electron chi connectivity index (χ1n) is 5.84. The van der Waals surface area contributed by atoms with Crippen LogP contribution in [0.3, 0.4) is 0 Å². The lowest BCUT2D eigenvalue weighted by Crippen LogP contribution is -2.24. The Morgan fingerprint density at radius 1 is 1.41 bits per heavy atom. The molecule has 0 spiro atoms. The molecule has 3 heteroatoms. The van der Waals surface area contributed by atoms with Gasteiger partial charge in [0.15, 0.2) is 0 Å². The fourth-order valence-corrected chi connectivity index (χ4v) is 2.42. The molecule has 1 rings (SSSR count). The molecular formula is C14H18ClNO. The van der Waals surface area contributed by atoms with Gasteiger partial charge in [0.05, 0.1) is 18.6 Å². The molecular weight excluding hydrogens is 234 g/mol. The van der Waals surface area contributed by atoms with Crippen molar-refractivity contribution in [1.29, 1.82) is 5.26 Å². The maximum absolute atomic E-state index is 9.51. The van der Waals surface area contributed by atoms with Gasteiger partial charge in [0.25, 0.3) is 0 Å². The fourth-order valence-electron chi connectivity index (χ4n) is 2.10. The van der Waals surface area contributed by atoms with Crippen LogP contribution in [0, 0.1) is 11.3 Å². The predicted molar refractivity (Wildman–Crippen MR) is 70.5 cm³/mol. The second-order valence-electron chi connectivity index (χ2n) is 4.11. The normalized spacial score (nSPS) is 13.8. The van der Waals surface area contributed by atoms with E-state index >= 15 is 0 Å². The van der Waals surface area contributed by atoms with E-state index in [-0.39, 0.29) is 0 Å². The summed E-state index contributed by atoms with van der Waals surface area (Å²) in [6.07, 6.45) is 2.46. The van der Waals surface area contributed by atoms with Crippen LogP contribution in [0.15, 0.2) is 24.3 Å². The molecule has 1 aromatic rings. The molecule has 0 bridgehead atoms. The van der Waals surface area contributed by atoms with Crippen LogP contribution in [0.5, 0.6) is 5.75 Å². The highest BCUT2D eigenvalue weighted by Gasteiger charge is 2.31. The van der Waals surface area contributed by atoms with Crippen LogP contribution in [0.4, 0.5) is 0 Å². The number of benzene rings is 1. The van der Waals surface area contributed by atoms with Crippen molar-refractivity contribution in [2.24, 2.45) is 0 Å². The number of nitrogens with zero attached hydrogens (tertiary/aromatic N) is 1. The maximum Gasteiger partial charge on any atom is 0.119 e. The first-order valence-corrected chi connectivity index (χ1v) is 6.37. The average Bonchev–Trinajstić information content (AvgIpc) is 2.38. The lowest BCUT2D eigenvalue weighted by molar-refractivity contribution is 0.410. The van der Waals surface area contributed by atoms with Crippen LogP contribution >= 0.6 is 11.6 Å². The molecule has 0 N–H and O–H groups in total. The van der Waals surface area contributed by atoms with Crippen LogP contribution < -0.4 is 4.74 Å². The molecule has 92 valence electrons. The second-order valence-corrected chi connectivity index (χ2v) is 4.49. The van der Waals surface area contributed by atoms with Crippen molar-refractivity contribution in [2.45, 2.75) is 31.6 Å². The molecule has 0 amide bonds. The Balaban J connectivity index is 3.15. The first-order chi connectivity index (χ1) is 8.22. The van der Waals surface area contributed by atoms with E-state index in [0.29, 0.717) is 12.3 Å². The Hall–Kier alpha value is -1.20. The van der Waals surface area contributed by atoms with E-state index in [4.69, 9.17) is 16.3 Å². The summed E-state index contributed by atoms with van der Waals surface area (Å²) in [5.41, 5.74) is 0.521. The summed E-state index contributed by atoms with van der Waals surface area (Å²) in [4.78, 5) is 0. The molecule has 0 aliphatic heterocycles. The van der Waals surface area contributed by atoms with E-state index in [1.54, 1.807) is 7.11 Å². The molecule has 0 saturated heterocycles. The van der Waals surface area contributed by atoms with Crippen molar-refractivity contribution < 1.29 is 4.74 Å². The van der Waals surface area contributed by atoms with Crippen LogP contribution in [0.25, 0.3) is 0 Å². The summed E-state index contributed by atoms with van der Waals surface area (Å²) in [6, 6.07) is 10.2. The molecule has 1 atom stereocenters. The molecule has 0 saturated carbocycles. The zero-order valence-corrected chi connectivity index (χ0v) is 11.1. The Bertz CT molecular complexity index is 391. The quantitative estimate of drug-likeness (QED) is 0.719. The van der Waals surface area contributed by atoms with Crippen LogP contribution in [0.2, 0.25) is 0 Å². The minimum atomic E-state index is -0.481. The largest absolute Gasteiger partial charge is 0.497 e. The summed E-state index contributed by atoms with van der Waals surface area (Å²) < 4.78 is 5.21. The van der Waals surface area contributed by atoms with Gasteiger partial charge in [-0.25, -0.2) is 0 Å². The molecule has 0 fully saturated rings. The van der Waals surface area contributed by atoms with Crippen molar-refractivity contribution in [1.82, 2.24) is 0 Å². The van der Waals surface area contributed by atoms with Gasteiger partial charge < -0.3 is 4.74 Å². The van der Waals surface area contributed by atoms with E-state index in [0.717, 1.165) is 24.2 Å². The fraction of sp³-hybridized carbons (Fsp3) is 0.500. The number of nitriles is 1. The number of halogens is 1. The van der Waals surface area contributed by atoms with E-state index in [2.05, 4.69) is 13.0 Å². The van der Waals surface area contributed by atoms with Gasteiger partial charge in [-0.3, -0.25) is 0 Å². The number of methoxy groups -OCH3 is 1. The summed E-state index contributed by atoms with van der Waals surface area (Å²) in [5, 5.41) is 9.51. The van der Waals surface area contributed by atoms with Crippen LogP contribution in [0.1, 0.15) is 31.7 Å². The average molecular weight is 252 g/mol. The third kappa shape index (κ3) is 3.14. The minimum Gasteiger partial charge on any atom is -0.497 e. The van der Waals surface area contributed by atoms with Crippen molar-refractivity contribution in [3.05, 3.63) is 29.8 Å².